The number of hydrogen-bond donors (Lipinski definition) is 1. The van der Waals surface area contributed by atoms with Gasteiger partial charge in [0, 0.05) is 29.7 Å². The highest BCUT2D eigenvalue weighted by molar-refractivity contribution is 8.00. The Kier molecular flexibility index (Phi) is 5.76. The van der Waals surface area contributed by atoms with Crippen LogP contribution in [0.15, 0.2) is 46.2 Å². The van der Waals surface area contributed by atoms with E-state index in [1.807, 2.05) is 6.92 Å². The van der Waals surface area contributed by atoms with Gasteiger partial charge in [-0.25, -0.2) is 8.42 Å². The Morgan fingerprint density at radius 2 is 1.93 bits per heavy atom. The van der Waals surface area contributed by atoms with Crippen molar-refractivity contribution in [3.05, 3.63) is 36.4 Å². The number of fused-ring (bicyclic) bond motifs is 1. The zero-order chi connectivity index (χ0) is 20.5. The third-order valence-electron chi connectivity index (χ3n) is 4.33. The molecule has 0 saturated carbocycles. The summed E-state index contributed by atoms with van der Waals surface area (Å²) in [5, 5.41) is 0.237. The Labute approximate surface area is 169 Å². The molecule has 150 valence electrons. The summed E-state index contributed by atoms with van der Waals surface area (Å²) in [6.07, 6.45) is 0. The van der Waals surface area contributed by atoms with Crippen LogP contribution >= 0.6 is 11.8 Å². The number of rotatable bonds is 5. The van der Waals surface area contributed by atoms with Crippen LogP contribution in [0.3, 0.4) is 0 Å². The standard InChI is InChI=1S/C19H22N2O5S2/c1-12-11-21(13(2)22)17-10-15(6-8-19(17)27-12)28(23,24)20-16-7-5-14(25-3)9-18(16)26-4/h5-10,12,20H,11H2,1-4H3/t12-/m1/s1. The Morgan fingerprint density at radius 3 is 2.57 bits per heavy atom. The summed E-state index contributed by atoms with van der Waals surface area (Å²) in [5.41, 5.74) is 0.910. The van der Waals surface area contributed by atoms with Crippen LogP contribution in [0.25, 0.3) is 0 Å². The summed E-state index contributed by atoms with van der Waals surface area (Å²) in [4.78, 5) is 14.6. The highest BCUT2D eigenvalue weighted by Crippen LogP contribution is 2.40. The van der Waals surface area contributed by atoms with E-state index < -0.39 is 10.0 Å². The third kappa shape index (κ3) is 4.05. The molecule has 28 heavy (non-hydrogen) atoms. The molecule has 2 aromatic carbocycles. The predicted octanol–water partition coefficient (Wildman–Crippen LogP) is 3.35. The maximum absolute atomic E-state index is 12.9. The smallest absolute Gasteiger partial charge is 0.262 e. The molecule has 0 unspecified atom stereocenters. The Hall–Kier alpha value is -2.39. The summed E-state index contributed by atoms with van der Waals surface area (Å²) in [6.45, 7) is 4.05. The maximum atomic E-state index is 12.9. The van der Waals surface area contributed by atoms with Crippen molar-refractivity contribution in [2.45, 2.75) is 28.9 Å². The number of methoxy groups -OCH3 is 2. The number of hydrogen-bond acceptors (Lipinski definition) is 6. The van der Waals surface area contributed by atoms with E-state index in [4.69, 9.17) is 9.47 Å². The van der Waals surface area contributed by atoms with Gasteiger partial charge in [-0.05, 0) is 30.3 Å². The van der Waals surface area contributed by atoms with Crippen molar-refractivity contribution in [3.63, 3.8) is 0 Å². The Balaban J connectivity index is 1.97. The van der Waals surface area contributed by atoms with Crippen LogP contribution in [0.4, 0.5) is 11.4 Å². The van der Waals surface area contributed by atoms with Crippen molar-refractivity contribution >= 4 is 39.1 Å². The van der Waals surface area contributed by atoms with E-state index in [0.717, 1.165) is 4.90 Å². The highest BCUT2D eigenvalue weighted by Gasteiger charge is 2.27. The molecule has 1 amide bonds. The van der Waals surface area contributed by atoms with Crippen LogP contribution in [-0.4, -0.2) is 40.3 Å². The quantitative estimate of drug-likeness (QED) is 0.795. The van der Waals surface area contributed by atoms with Gasteiger partial charge in [0.1, 0.15) is 11.5 Å². The first-order valence-electron chi connectivity index (χ1n) is 8.59. The van der Waals surface area contributed by atoms with E-state index in [1.54, 1.807) is 47.0 Å². The minimum absolute atomic E-state index is 0.0746. The molecule has 0 aliphatic carbocycles. The summed E-state index contributed by atoms with van der Waals surface area (Å²) in [5.74, 6) is 0.778. The number of sulfonamides is 1. The number of nitrogens with one attached hydrogen (secondary N) is 1. The second-order valence-electron chi connectivity index (χ2n) is 6.36. The lowest BCUT2D eigenvalue weighted by molar-refractivity contribution is -0.116. The van der Waals surface area contributed by atoms with Gasteiger partial charge >= 0.3 is 0 Å². The summed E-state index contributed by atoms with van der Waals surface area (Å²) in [6, 6.07) is 9.63. The van der Waals surface area contributed by atoms with Crippen LogP contribution in [0.2, 0.25) is 0 Å². The van der Waals surface area contributed by atoms with Gasteiger partial charge in [0.25, 0.3) is 10.0 Å². The monoisotopic (exact) mass is 422 g/mol. The number of amides is 1. The van der Waals surface area contributed by atoms with Crippen molar-refractivity contribution in [1.82, 2.24) is 0 Å². The van der Waals surface area contributed by atoms with Crippen molar-refractivity contribution < 1.29 is 22.7 Å². The topological polar surface area (TPSA) is 84.9 Å². The molecule has 0 saturated heterocycles. The molecule has 1 N–H and O–H groups in total. The predicted molar refractivity (Wildman–Crippen MR) is 110 cm³/mol. The van der Waals surface area contributed by atoms with Gasteiger partial charge < -0.3 is 14.4 Å². The van der Waals surface area contributed by atoms with Crippen LogP contribution in [0.5, 0.6) is 11.5 Å². The molecule has 7 nitrogen and oxygen atoms in total. The molecule has 1 aliphatic rings. The van der Waals surface area contributed by atoms with Crippen LogP contribution < -0.4 is 19.1 Å². The number of carbonyl (C=O) groups excluding carboxylic acids is 1. The molecule has 0 spiro atoms. The Morgan fingerprint density at radius 1 is 1.18 bits per heavy atom. The minimum atomic E-state index is -3.88. The normalized spacial score (nSPS) is 16.3. The number of benzene rings is 2. The number of nitrogens with zero attached hydrogens (tertiary/aromatic N) is 1. The van der Waals surface area contributed by atoms with Crippen molar-refractivity contribution in [3.8, 4) is 11.5 Å². The van der Waals surface area contributed by atoms with E-state index in [-0.39, 0.29) is 16.1 Å². The van der Waals surface area contributed by atoms with Crippen LogP contribution in [-0.2, 0) is 14.8 Å². The molecule has 1 heterocycles. The highest BCUT2D eigenvalue weighted by atomic mass is 32.2. The number of anilines is 2. The average Bonchev–Trinajstić information content (AvgIpc) is 2.66. The lowest BCUT2D eigenvalue weighted by atomic mass is 10.2. The van der Waals surface area contributed by atoms with Gasteiger partial charge in [0.2, 0.25) is 5.91 Å². The molecule has 2 aromatic rings. The zero-order valence-corrected chi connectivity index (χ0v) is 17.7. The van der Waals surface area contributed by atoms with E-state index in [9.17, 15) is 13.2 Å². The van der Waals surface area contributed by atoms with E-state index in [2.05, 4.69) is 4.72 Å². The number of carbonyl (C=O) groups is 1. The average molecular weight is 423 g/mol. The third-order valence-corrected chi connectivity index (χ3v) is 6.85. The molecule has 0 radical (unpaired) electrons. The molecular formula is C19H22N2O5S2. The molecule has 1 aliphatic heterocycles. The largest absolute Gasteiger partial charge is 0.497 e. The summed E-state index contributed by atoms with van der Waals surface area (Å²) in [7, 11) is -0.907. The van der Waals surface area contributed by atoms with Crippen LogP contribution in [0, 0.1) is 0 Å². The lowest BCUT2D eigenvalue weighted by Gasteiger charge is -2.32. The van der Waals surface area contributed by atoms with Crippen LogP contribution in [0.1, 0.15) is 13.8 Å². The van der Waals surface area contributed by atoms with Gasteiger partial charge in [-0.15, -0.1) is 11.8 Å². The number of ether oxygens (including phenoxy) is 2. The van der Waals surface area contributed by atoms with E-state index in [0.29, 0.717) is 29.4 Å². The second-order valence-corrected chi connectivity index (χ2v) is 9.52. The molecular weight excluding hydrogens is 400 g/mol. The summed E-state index contributed by atoms with van der Waals surface area (Å²) >= 11 is 1.62. The summed E-state index contributed by atoms with van der Waals surface area (Å²) < 4.78 is 38.8. The lowest BCUT2D eigenvalue weighted by Crippen LogP contribution is -2.37. The molecule has 1 atom stereocenters. The first kappa shape index (κ1) is 20.3. The molecule has 0 bridgehead atoms. The van der Waals surface area contributed by atoms with Gasteiger partial charge in [0.15, 0.2) is 0 Å². The minimum Gasteiger partial charge on any atom is -0.497 e. The molecule has 9 heteroatoms. The van der Waals surface area contributed by atoms with Crippen molar-refractivity contribution in [1.29, 1.82) is 0 Å². The SMILES string of the molecule is COc1ccc(NS(=O)(=O)c2ccc3c(c2)N(C(C)=O)C[C@@H](C)S3)c(OC)c1. The van der Waals surface area contributed by atoms with Crippen molar-refractivity contribution in [2.75, 3.05) is 30.4 Å². The van der Waals surface area contributed by atoms with Crippen molar-refractivity contribution in [2.24, 2.45) is 0 Å². The molecule has 0 aromatic heterocycles. The molecule has 0 fully saturated rings. The van der Waals surface area contributed by atoms with Gasteiger partial charge in [-0.2, -0.15) is 0 Å². The number of thioether (sulfide) groups is 1. The fourth-order valence-electron chi connectivity index (χ4n) is 2.97. The second kappa shape index (κ2) is 7.92. The fourth-order valence-corrected chi connectivity index (χ4v) is 5.15. The van der Waals surface area contributed by atoms with E-state index >= 15 is 0 Å². The van der Waals surface area contributed by atoms with Gasteiger partial charge in [-0.1, -0.05) is 6.92 Å². The fraction of sp³-hybridized carbons (Fsp3) is 0.316. The maximum Gasteiger partial charge on any atom is 0.262 e. The first-order chi connectivity index (χ1) is 13.2. The molecule has 3 rings (SSSR count). The Bertz CT molecular complexity index is 1010. The zero-order valence-electron chi connectivity index (χ0n) is 16.1. The van der Waals surface area contributed by atoms with Gasteiger partial charge in [0.05, 0.1) is 30.5 Å². The first-order valence-corrected chi connectivity index (χ1v) is 10.9. The van der Waals surface area contributed by atoms with E-state index in [1.165, 1.54) is 27.2 Å². The van der Waals surface area contributed by atoms with Gasteiger partial charge in [-0.3, -0.25) is 9.52 Å².